The molecule has 1 aliphatic carbocycles. The van der Waals surface area contributed by atoms with Crippen molar-refractivity contribution in [3.8, 4) is 0 Å². The van der Waals surface area contributed by atoms with E-state index in [9.17, 15) is 4.79 Å². The van der Waals surface area contributed by atoms with Crippen molar-refractivity contribution < 1.29 is 9.53 Å². The molecule has 0 spiro atoms. The van der Waals surface area contributed by atoms with Crippen LogP contribution in [0.3, 0.4) is 0 Å². The average Bonchev–Trinajstić information content (AvgIpc) is 3.01. The molecule has 1 aliphatic rings. The molecule has 1 heterocycles. The largest absolute Gasteiger partial charge is 0.465 e. The smallest absolute Gasteiger partial charge is 0.316 e. The minimum Gasteiger partial charge on any atom is -0.465 e. The molecule has 0 aromatic carbocycles. The second kappa shape index (κ2) is 4.63. The number of aromatic nitrogens is 3. The summed E-state index contributed by atoms with van der Waals surface area (Å²) in [6.07, 6.45) is 3.01. The Labute approximate surface area is 94.6 Å². The molecule has 0 bridgehead atoms. The highest BCUT2D eigenvalue weighted by atomic mass is 16.5. The van der Waals surface area contributed by atoms with Gasteiger partial charge in [-0.25, -0.2) is 4.98 Å². The SMILES string of the molecule is CCOC(=O)C(CC)c1n[nH]c(C2CC2)n1. The van der Waals surface area contributed by atoms with E-state index in [1.54, 1.807) is 6.92 Å². The standard InChI is InChI=1S/C11H17N3O2/c1-3-8(11(15)16-4-2)10-12-9(13-14-10)7-5-6-7/h7-8H,3-6H2,1-2H3,(H,12,13,14). The number of carbonyl (C=O) groups excluding carboxylic acids is 1. The summed E-state index contributed by atoms with van der Waals surface area (Å²) in [5.41, 5.74) is 0. The third-order valence-electron chi connectivity index (χ3n) is 2.78. The molecule has 1 saturated carbocycles. The monoisotopic (exact) mass is 223 g/mol. The van der Waals surface area contributed by atoms with Crippen LogP contribution in [0.1, 0.15) is 56.6 Å². The first kappa shape index (κ1) is 11.1. The van der Waals surface area contributed by atoms with Crippen LogP contribution in [0.2, 0.25) is 0 Å². The van der Waals surface area contributed by atoms with Gasteiger partial charge in [-0.15, -0.1) is 0 Å². The van der Waals surface area contributed by atoms with Gasteiger partial charge < -0.3 is 4.74 Å². The summed E-state index contributed by atoms with van der Waals surface area (Å²) in [6.45, 7) is 4.14. The molecule has 16 heavy (non-hydrogen) atoms. The lowest BCUT2D eigenvalue weighted by Crippen LogP contribution is -2.16. The Morgan fingerprint density at radius 1 is 1.56 bits per heavy atom. The number of H-pyrrole nitrogens is 1. The van der Waals surface area contributed by atoms with E-state index in [2.05, 4.69) is 15.2 Å². The van der Waals surface area contributed by atoms with E-state index in [4.69, 9.17) is 4.74 Å². The maximum Gasteiger partial charge on any atom is 0.316 e. The highest BCUT2D eigenvalue weighted by Crippen LogP contribution is 2.38. The first-order valence-corrected chi connectivity index (χ1v) is 5.85. The maximum absolute atomic E-state index is 11.7. The van der Waals surface area contributed by atoms with Gasteiger partial charge in [-0.2, -0.15) is 5.10 Å². The molecule has 0 radical (unpaired) electrons. The average molecular weight is 223 g/mol. The highest BCUT2D eigenvalue weighted by molar-refractivity contribution is 5.76. The third kappa shape index (κ3) is 2.23. The summed E-state index contributed by atoms with van der Waals surface area (Å²) in [6, 6.07) is 0. The Hall–Kier alpha value is -1.39. The van der Waals surface area contributed by atoms with Crippen molar-refractivity contribution in [3.63, 3.8) is 0 Å². The summed E-state index contributed by atoms with van der Waals surface area (Å²) < 4.78 is 5.00. The van der Waals surface area contributed by atoms with Gasteiger partial charge in [0, 0.05) is 5.92 Å². The molecular weight excluding hydrogens is 206 g/mol. The van der Waals surface area contributed by atoms with Crippen LogP contribution >= 0.6 is 0 Å². The van der Waals surface area contributed by atoms with E-state index in [0.717, 1.165) is 5.82 Å². The van der Waals surface area contributed by atoms with E-state index < -0.39 is 0 Å². The van der Waals surface area contributed by atoms with Crippen molar-refractivity contribution in [2.24, 2.45) is 0 Å². The number of aromatic amines is 1. The lowest BCUT2D eigenvalue weighted by atomic mass is 10.1. The molecule has 1 fully saturated rings. The lowest BCUT2D eigenvalue weighted by Gasteiger charge is -2.09. The van der Waals surface area contributed by atoms with Crippen LogP contribution in [-0.2, 0) is 9.53 Å². The number of hydrogen-bond donors (Lipinski definition) is 1. The number of hydrogen-bond acceptors (Lipinski definition) is 4. The normalized spacial score (nSPS) is 17.1. The summed E-state index contributed by atoms with van der Waals surface area (Å²) in [5, 5.41) is 7.03. The van der Waals surface area contributed by atoms with Crippen molar-refractivity contribution in [1.82, 2.24) is 15.2 Å². The second-order valence-corrected chi connectivity index (χ2v) is 4.07. The molecule has 2 rings (SSSR count). The van der Waals surface area contributed by atoms with Gasteiger partial charge in [0.15, 0.2) is 5.82 Å². The summed E-state index contributed by atoms with van der Waals surface area (Å²) in [7, 11) is 0. The maximum atomic E-state index is 11.7. The van der Waals surface area contributed by atoms with E-state index in [0.29, 0.717) is 24.8 Å². The van der Waals surface area contributed by atoms with Gasteiger partial charge in [0.05, 0.1) is 6.61 Å². The van der Waals surface area contributed by atoms with Gasteiger partial charge in [0.2, 0.25) is 0 Å². The number of carbonyl (C=O) groups is 1. The topological polar surface area (TPSA) is 67.9 Å². The van der Waals surface area contributed by atoms with Crippen LogP contribution in [0.4, 0.5) is 0 Å². The Morgan fingerprint density at radius 3 is 2.88 bits per heavy atom. The molecule has 0 amide bonds. The van der Waals surface area contributed by atoms with Crippen LogP contribution in [0.25, 0.3) is 0 Å². The zero-order valence-electron chi connectivity index (χ0n) is 9.69. The molecule has 1 aromatic heterocycles. The molecule has 1 N–H and O–H groups in total. The molecule has 0 saturated heterocycles. The van der Waals surface area contributed by atoms with E-state index in [1.165, 1.54) is 12.8 Å². The van der Waals surface area contributed by atoms with Crippen molar-refractivity contribution >= 4 is 5.97 Å². The first-order chi connectivity index (χ1) is 7.76. The highest BCUT2D eigenvalue weighted by Gasteiger charge is 2.30. The summed E-state index contributed by atoms with van der Waals surface area (Å²) in [5.74, 6) is 1.46. The number of nitrogens with one attached hydrogen (secondary N) is 1. The van der Waals surface area contributed by atoms with E-state index in [-0.39, 0.29) is 11.9 Å². The van der Waals surface area contributed by atoms with Crippen LogP contribution in [0, 0.1) is 0 Å². The third-order valence-corrected chi connectivity index (χ3v) is 2.78. The van der Waals surface area contributed by atoms with Crippen molar-refractivity contribution in [3.05, 3.63) is 11.6 Å². The van der Waals surface area contributed by atoms with Gasteiger partial charge in [-0.05, 0) is 26.2 Å². The van der Waals surface area contributed by atoms with Crippen molar-refractivity contribution in [2.75, 3.05) is 6.61 Å². The molecule has 88 valence electrons. The fourth-order valence-corrected chi connectivity index (χ4v) is 1.68. The Balaban J connectivity index is 2.09. The first-order valence-electron chi connectivity index (χ1n) is 5.85. The predicted molar refractivity (Wildman–Crippen MR) is 58.0 cm³/mol. The molecule has 1 atom stereocenters. The minimum absolute atomic E-state index is 0.230. The number of rotatable bonds is 5. The lowest BCUT2D eigenvalue weighted by molar-refractivity contribution is -0.145. The molecular formula is C11H17N3O2. The van der Waals surface area contributed by atoms with E-state index in [1.807, 2.05) is 6.92 Å². The summed E-state index contributed by atoms with van der Waals surface area (Å²) in [4.78, 5) is 16.0. The quantitative estimate of drug-likeness (QED) is 0.772. The van der Waals surface area contributed by atoms with Gasteiger partial charge in [-0.3, -0.25) is 9.89 Å². The minimum atomic E-state index is -0.330. The second-order valence-electron chi connectivity index (χ2n) is 4.07. The zero-order valence-corrected chi connectivity index (χ0v) is 9.69. The Bertz CT molecular complexity index is 371. The number of esters is 1. The molecule has 1 unspecified atom stereocenters. The van der Waals surface area contributed by atoms with Gasteiger partial charge in [-0.1, -0.05) is 6.92 Å². The number of ether oxygens (including phenoxy) is 1. The fraction of sp³-hybridized carbons (Fsp3) is 0.727. The molecule has 5 heteroatoms. The molecule has 0 aliphatic heterocycles. The van der Waals surface area contributed by atoms with Gasteiger partial charge in [0.1, 0.15) is 11.7 Å². The predicted octanol–water partition coefficient (Wildman–Crippen LogP) is 1.74. The summed E-state index contributed by atoms with van der Waals surface area (Å²) >= 11 is 0. The van der Waals surface area contributed by atoms with Crippen molar-refractivity contribution in [2.45, 2.75) is 44.9 Å². The van der Waals surface area contributed by atoms with Gasteiger partial charge in [0.25, 0.3) is 0 Å². The van der Waals surface area contributed by atoms with Crippen LogP contribution in [0.5, 0.6) is 0 Å². The molecule has 5 nitrogen and oxygen atoms in total. The number of nitrogens with zero attached hydrogens (tertiary/aromatic N) is 2. The molecule has 1 aromatic rings. The van der Waals surface area contributed by atoms with Crippen LogP contribution in [0.15, 0.2) is 0 Å². The zero-order chi connectivity index (χ0) is 11.5. The Kier molecular flexibility index (Phi) is 3.22. The van der Waals surface area contributed by atoms with Gasteiger partial charge >= 0.3 is 5.97 Å². The van der Waals surface area contributed by atoms with Crippen molar-refractivity contribution in [1.29, 1.82) is 0 Å². The fourth-order valence-electron chi connectivity index (χ4n) is 1.68. The Morgan fingerprint density at radius 2 is 2.31 bits per heavy atom. The van der Waals surface area contributed by atoms with Crippen LogP contribution < -0.4 is 0 Å². The van der Waals surface area contributed by atoms with E-state index >= 15 is 0 Å². The van der Waals surface area contributed by atoms with Crippen LogP contribution in [-0.4, -0.2) is 27.8 Å².